The molecular formula is C34H50N2OS2. The van der Waals surface area contributed by atoms with Gasteiger partial charge < -0.3 is 4.90 Å². The summed E-state index contributed by atoms with van der Waals surface area (Å²) in [5.74, 6) is 2.41. The second kappa shape index (κ2) is 13.0. The second-order valence-corrected chi connectivity index (χ2v) is 16.6. The Kier molecular flexibility index (Phi) is 10.2. The first kappa shape index (κ1) is 30.5. The van der Waals surface area contributed by atoms with Crippen molar-refractivity contribution in [1.82, 2.24) is 9.88 Å². The SMILES string of the molecule is CN(CCc1ccccn1)C(=O)CS[C@H]1CCCC[C@@H]1C1CC1Sc1cc(C(C)(C)C)ccc1CC(C)(C)C. The van der Waals surface area contributed by atoms with E-state index in [1.807, 2.05) is 48.1 Å². The van der Waals surface area contributed by atoms with E-state index in [9.17, 15) is 4.79 Å². The minimum atomic E-state index is 0.168. The van der Waals surface area contributed by atoms with Crippen molar-refractivity contribution in [2.45, 2.75) is 107 Å². The minimum absolute atomic E-state index is 0.168. The highest BCUT2D eigenvalue weighted by Gasteiger charge is 2.47. The van der Waals surface area contributed by atoms with Crippen molar-refractivity contribution in [2.24, 2.45) is 17.3 Å². The van der Waals surface area contributed by atoms with E-state index in [0.717, 1.165) is 42.2 Å². The number of carbonyl (C=O) groups is 1. The van der Waals surface area contributed by atoms with Crippen molar-refractivity contribution < 1.29 is 4.79 Å². The molecule has 1 heterocycles. The average Bonchev–Trinajstić information content (AvgIpc) is 3.65. The molecule has 2 aliphatic carbocycles. The van der Waals surface area contributed by atoms with Crippen molar-refractivity contribution in [3.05, 3.63) is 59.4 Å². The molecule has 2 unspecified atom stereocenters. The van der Waals surface area contributed by atoms with Gasteiger partial charge in [-0.1, -0.05) is 72.6 Å². The number of hydrogen-bond donors (Lipinski definition) is 0. The molecule has 0 N–H and O–H groups in total. The molecule has 39 heavy (non-hydrogen) atoms. The Labute approximate surface area is 246 Å². The maximum absolute atomic E-state index is 12.9. The number of nitrogens with zero attached hydrogens (tertiary/aromatic N) is 2. The smallest absolute Gasteiger partial charge is 0.232 e. The molecule has 3 nitrogen and oxygen atoms in total. The Balaban J connectivity index is 1.34. The number of benzene rings is 1. The van der Waals surface area contributed by atoms with Crippen LogP contribution in [0.2, 0.25) is 0 Å². The molecule has 2 fully saturated rings. The number of rotatable bonds is 10. The quantitative estimate of drug-likeness (QED) is 0.289. The van der Waals surface area contributed by atoms with Gasteiger partial charge in [0.25, 0.3) is 0 Å². The molecule has 0 saturated heterocycles. The average molecular weight is 567 g/mol. The van der Waals surface area contributed by atoms with E-state index in [1.54, 1.807) is 0 Å². The van der Waals surface area contributed by atoms with E-state index in [2.05, 4.69) is 76.5 Å². The summed E-state index contributed by atoms with van der Waals surface area (Å²) in [4.78, 5) is 20.8. The Bertz CT molecular complexity index is 1090. The first-order chi connectivity index (χ1) is 18.4. The summed E-state index contributed by atoms with van der Waals surface area (Å²) in [6.07, 6.45) is 10.4. The Morgan fingerprint density at radius 3 is 2.46 bits per heavy atom. The molecule has 0 radical (unpaired) electrons. The van der Waals surface area contributed by atoms with E-state index >= 15 is 0 Å². The molecule has 1 aromatic carbocycles. The molecule has 0 spiro atoms. The number of amides is 1. The Morgan fingerprint density at radius 1 is 1.00 bits per heavy atom. The lowest BCUT2D eigenvalue weighted by atomic mass is 9.84. The van der Waals surface area contributed by atoms with Gasteiger partial charge in [0.05, 0.1) is 5.75 Å². The predicted octanol–water partition coefficient (Wildman–Crippen LogP) is 8.44. The van der Waals surface area contributed by atoms with Gasteiger partial charge in [-0.25, -0.2) is 0 Å². The molecule has 2 saturated carbocycles. The Morgan fingerprint density at radius 2 is 1.77 bits per heavy atom. The zero-order valence-corrected chi connectivity index (χ0v) is 27.0. The van der Waals surface area contributed by atoms with Crippen molar-refractivity contribution in [2.75, 3.05) is 19.3 Å². The standard InChI is InChI=1S/C34H50N2OS2/c1-33(2,3)22-24-15-16-25(34(4,5)6)20-30(24)39-31-21-28(31)27-13-8-9-14-29(27)38-23-32(37)36(7)19-17-26-12-10-11-18-35-26/h10-12,15-16,18,20,27-29,31H,8-9,13-14,17,19,21-23H2,1-7H3/t27-,28?,29+,31?/m1/s1. The van der Waals surface area contributed by atoms with Crippen LogP contribution in [-0.4, -0.2) is 45.6 Å². The zero-order valence-electron chi connectivity index (χ0n) is 25.3. The fourth-order valence-corrected chi connectivity index (χ4v) is 8.85. The molecule has 214 valence electrons. The van der Waals surface area contributed by atoms with E-state index in [0.29, 0.717) is 11.0 Å². The van der Waals surface area contributed by atoms with Crippen LogP contribution in [-0.2, 0) is 23.1 Å². The van der Waals surface area contributed by atoms with Crippen molar-refractivity contribution in [3.63, 3.8) is 0 Å². The van der Waals surface area contributed by atoms with Gasteiger partial charge in [0.15, 0.2) is 0 Å². The first-order valence-electron chi connectivity index (χ1n) is 15.0. The van der Waals surface area contributed by atoms with Crippen LogP contribution >= 0.6 is 23.5 Å². The van der Waals surface area contributed by atoms with Crippen LogP contribution in [0.15, 0.2) is 47.5 Å². The van der Waals surface area contributed by atoms with Gasteiger partial charge >= 0.3 is 0 Å². The third-order valence-corrected chi connectivity index (χ3v) is 11.2. The van der Waals surface area contributed by atoms with Crippen LogP contribution < -0.4 is 0 Å². The third-order valence-electron chi connectivity index (χ3n) is 8.29. The maximum Gasteiger partial charge on any atom is 0.232 e. The van der Waals surface area contributed by atoms with Crippen LogP contribution in [0.25, 0.3) is 0 Å². The topological polar surface area (TPSA) is 33.2 Å². The van der Waals surface area contributed by atoms with Gasteiger partial charge in [-0.05, 0) is 77.7 Å². The summed E-state index contributed by atoms with van der Waals surface area (Å²) >= 11 is 4.10. The normalized spacial score (nSPS) is 23.5. The molecule has 2 aliphatic rings. The van der Waals surface area contributed by atoms with Gasteiger partial charge in [0, 0.05) is 47.3 Å². The van der Waals surface area contributed by atoms with Crippen LogP contribution in [0.3, 0.4) is 0 Å². The number of likely N-dealkylation sites (N-methyl/N-ethyl adjacent to an activating group) is 1. The fraction of sp³-hybridized carbons (Fsp3) is 0.647. The minimum Gasteiger partial charge on any atom is -0.345 e. The Hall–Kier alpha value is -1.46. The number of thioether (sulfide) groups is 2. The molecule has 0 aliphatic heterocycles. The number of hydrogen-bond acceptors (Lipinski definition) is 4. The lowest BCUT2D eigenvalue weighted by Crippen LogP contribution is -2.32. The summed E-state index contributed by atoms with van der Waals surface area (Å²) in [5, 5.41) is 1.35. The van der Waals surface area contributed by atoms with E-state index < -0.39 is 0 Å². The van der Waals surface area contributed by atoms with E-state index in [4.69, 9.17) is 0 Å². The highest BCUT2D eigenvalue weighted by atomic mass is 32.2. The predicted molar refractivity (Wildman–Crippen MR) is 170 cm³/mol. The van der Waals surface area contributed by atoms with Gasteiger partial charge in [-0.3, -0.25) is 9.78 Å². The highest BCUT2D eigenvalue weighted by Crippen LogP contribution is 2.55. The van der Waals surface area contributed by atoms with Crippen LogP contribution in [0.5, 0.6) is 0 Å². The fourth-order valence-electron chi connectivity index (χ4n) is 5.85. The maximum atomic E-state index is 12.9. The summed E-state index contributed by atoms with van der Waals surface area (Å²) in [5.41, 5.74) is 4.45. The van der Waals surface area contributed by atoms with Gasteiger partial charge in [0.2, 0.25) is 5.91 Å². The third kappa shape index (κ3) is 9.01. The number of aromatic nitrogens is 1. The van der Waals surface area contributed by atoms with Gasteiger partial charge in [-0.15, -0.1) is 23.5 Å². The summed E-state index contributed by atoms with van der Waals surface area (Å²) in [6, 6.07) is 13.2. The first-order valence-corrected chi connectivity index (χ1v) is 16.9. The number of pyridine rings is 1. The molecule has 0 bridgehead atoms. The highest BCUT2D eigenvalue weighted by molar-refractivity contribution is 8.00. The molecule has 5 heteroatoms. The molecule has 4 rings (SSSR count). The van der Waals surface area contributed by atoms with Crippen LogP contribution in [0.4, 0.5) is 0 Å². The van der Waals surface area contributed by atoms with Crippen molar-refractivity contribution >= 4 is 29.4 Å². The van der Waals surface area contributed by atoms with Gasteiger partial charge in [-0.2, -0.15) is 0 Å². The number of carbonyl (C=O) groups excluding carboxylic acids is 1. The molecule has 4 atom stereocenters. The van der Waals surface area contributed by atoms with Gasteiger partial charge in [0.1, 0.15) is 0 Å². The largest absolute Gasteiger partial charge is 0.345 e. The van der Waals surface area contributed by atoms with E-state index in [-0.39, 0.29) is 16.7 Å². The molecular weight excluding hydrogens is 517 g/mol. The summed E-state index contributed by atoms with van der Waals surface area (Å²) in [6.45, 7) is 14.7. The molecule has 2 aromatic rings. The van der Waals surface area contributed by atoms with Crippen molar-refractivity contribution in [1.29, 1.82) is 0 Å². The summed E-state index contributed by atoms with van der Waals surface area (Å²) < 4.78 is 0. The second-order valence-electron chi connectivity index (χ2n) is 14.0. The monoisotopic (exact) mass is 566 g/mol. The van der Waals surface area contributed by atoms with Crippen LogP contribution in [0.1, 0.15) is 90.5 Å². The van der Waals surface area contributed by atoms with Crippen LogP contribution in [0, 0.1) is 17.3 Å². The lowest BCUT2D eigenvalue weighted by Gasteiger charge is -2.32. The summed E-state index contributed by atoms with van der Waals surface area (Å²) in [7, 11) is 1.94. The molecule has 1 aromatic heterocycles. The zero-order chi connectivity index (χ0) is 28.2. The van der Waals surface area contributed by atoms with E-state index in [1.165, 1.54) is 48.1 Å². The lowest BCUT2D eigenvalue weighted by molar-refractivity contribution is -0.127. The molecule has 1 amide bonds. The van der Waals surface area contributed by atoms with Crippen molar-refractivity contribution in [3.8, 4) is 0 Å².